The van der Waals surface area contributed by atoms with E-state index in [0.29, 0.717) is 23.8 Å². The Labute approximate surface area is 206 Å². The minimum absolute atomic E-state index is 0.0195. The molecule has 2 amide bonds. The third-order valence-electron chi connectivity index (χ3n) is 5.77. The minimum Gasteiger partial charge on any atom is -0.494 e. The molecule has 34 heavy (non-hydrogen) atoms. The van der Waals surface area contributed by atoms with E-state index in [9.17, 15) is 9.59 Å². The average molecular weight is 489 g/mol. The summed E-state index contributed by atoms with van der Waals surface area (Å²) < 4.78 is 11.1. The molecule has 1 aliphatic heterocycles. The lowest BCUT2D eigenvalue weighted by molar-refractivity contribution is -0.116. The number of unbranched alkanes of at least 4 members (excludes halogenated alkanes) is 1. The SMILES string of the molecule is CCCCOc1ccc(C(=O)N(CCCN2CCOCC2)CC(=O)Nc2nc(C)c(C)s2)cc1. The Morgan fingerprint density at radius 3 is 2.56 bits per heavy atom. The van der Waals surface area contributed by atoms with Crippen molar-refractivity contribution in [3.05, 3.63) is 40.4 Å². The van der Waals surface area contributed by atoms with Gasteiger partial charge in [0.2, 0.25) is 5.91 Å². The Hall–Kier alpha value is -2.49. The quantitative estimate of drug-likeness (QED) is 0.458. The largest absolute Gasteiger partial charge is 0.494 e. The van der Waals surface area contributed by atoms with E-state index in [0.717, 1.165) is 68.4 Å². The van der Waals surface area contributed by atoms with Crippen LogP contribution in [0.2, 0.25) is 0 Å². The zero-order valence-corrected chi connectivity index (χ0v) is 21.3. The molecule has 1 aliphatic rings. The number of nitrogens with one attached hydrogen (secondary N) is 1. The molecule has 9 heteroatoms. The summed E-state index contributed by atoms with van der Waals surface area (Å²) in [4.78, 5) is 35.5. The molecule has 1 saturated heterocycles. The molecule has 3 rings (SSSR count). The number of aromatic nitrogens is 1. The van der Waals surface area contributed by atoms with Gasteiger partial charge in [0.05, 0.1) is 25.5 Å². The Morgan fingerprint density at radius 2 is 1.91 bits per heavy atom. The maximum absolute atomic E-state index is 13.3. The summed E-state index contributed by atoms with van der Waals surface area (Å²) in [6, 6.07) is 7.17. The number of rotatable bonds is 12. The van der Waals surface area contributed by atoms with Crippen molar-refractivity contribution in [1.82, 2.24) is 14.8 Å². The second kappa shape index (κ2) is 13.4. The maximum atomic E-state index is 13.3. The fourth-order valence-electron chi connectivity index (χ4n) is 3.63. The Bertz CT molecular complexity index is 906. The van der Waals surface area contributed by atoms with Crippen LogP contribution in [0.5, 0.6) is 5.75 Å². The number of hydrogen-bond acceptors (Lipinski definition) is 7. The highest BCUT2D eigenvalue weighted by atomic mass is 32.1. The number of aryl methyl sites for hydroxylation is 2. The number of carbonyl (C=O) groups is 2. The summed E-state index contributed by atoms with van der Waals surface area (Å²) in [6.07, 6.45) is 2.84. The zero-order valence-electron chi connectivity index (χ0n) is 20.5. The molecular formula is C25H36N4O4S. The van der Waals surface area contributed by atoms with Crippen molar-refractivity contribution in [2.45, 2.75) is 40.0 Å². The number of carbonyl (C=O) groups excluding carboxylic acids is 2. The molecule has 186 valence electrons. The van der Waals surface area contributed by atoms with Crippen LogP contribution in [0.25, 0.3) is 0 Å². The van der Waals surface area contributed by atoms with Crippen molar-refractivity contribution < 1.29 is 19.1 Å². The van der Waals surface area contributed by atoms with Gasteiger partial charge in [0.1, 0.15) is 12.3 Å². The third-order valence-corrected chi connectivity index (χ3v) is 6.76. The lowest BCUT2D eigenvalue weighted by Gasteiger charge is -2.28. The van der Waals surface area contributed by atoms with Crippen LogP contribution in [0.15, 0.2) is 24.3 Å². The van der Waals surface area contributed by atoms with Crippen LogP contribution in [0.3, 0.4) is 0 Å². The van der Waals surface area contributed by atoms with Crippen molar-refractivity contribution in [3.63, 3.8) is 0 Å². The maximum Gasteiger partial charge on any atom is 0.254 e. The number of benzene rings is 1. The lowest BCUT2D eigenvalue weighted by Crippen LogP contribution is -2.41. The van der Waals surface area contributed by atoms with Crippen molar-refractivity contribution in [2.75, 3.05) is 57.9 Å². The smallest absolute Gasteiger partial charge is 0.254 e. The fraction of sp³-hybridized carbons (Fsp3) is 0.560. The van der Waals surface area contributed by atoms with E-state index < -0.39 is 0 Å². The summed E-state index contributed by atoms with van der Waals surface area (Å²) in [5, 5.41) is 3.41. The number of amides is 2. The van der Waals surface area contributed by atoms with Gasteiger partial charge in [0, 0.05) is 36.6 Å². The second-order valence-electron chi connectivity index (χ2n) is 8.47. The molecule has 1 aromatic carbocycles. The number of hydrogen-bond donors (Lipinski definition) is 1. The van der Waals surface area contributed by atoms with Gasteiger partial charge in [-0.05, 0) is 51.0 Å². The molecule has 0 aliphatic carbocycles. The molecule has 8 nitrogen and oxygen atoms in total. The third kappa shape index (κ3) is 8.07. The Kier molecular flexibility index (Phi) is 10.3. The predicted molar refractivity (Wildman–Crippen MR) is 135 cm³/mol. The van der Waals surface area contributed by atoms with Gasteiger partial charge in [-0.2, -0.15) is 0 Å². The van der Waals surface area contributed by atoms with Crippen LogP contribution >= 0.6 is 11.3 Å². The van der Waals surface area contributed by atoms with Crippen molar-refractivity contribution in [3.8, 4) is 5.75 Å². The normalized spacial score (nSPS) is 14.1. The summed E-state index contributed by atoms with van der Waals surface area (Å²) in [7, 11) is 0. The van der Waals surface area contributed by atoms with Gasteiger partial charge in [-0.3, -0.25) is 14.5 Å². The molecular weight excluding hydrogens is 452 g/mol. The van der Waals surface area contributed by atoms with Gasteiger partial charge in [-0.1, -0.05) is 13.3 Å². The van der Waals surface area contributed by atoms with Crippen LogP contribution in [0, 0.1) is 13.8 Å². The molecule has 1 aromatic heterocycles. The lowest BCUT2D eigenvalue weighted by atomic mass is 10.1. The van der Waals surface area contributed by atoms with Crippen molar-refractivity contribution >= 4 is 28.3 Å². The summed E-state index contributed by atoms with van der Waals surface area (Å²) in [5.74, 6) is 0.341. The van der Waals surface area contributed by atoms with E-state index in [1.807, 2.05) is 26.0 Å². The first kappa shape index (κ1) is 26.1. The van der Waals surface area contributed by atoms with E-state index in [2.05, 4.69) is 22.1 Å². The molecule has 0 bridgehead atoms. The minimum atomic E-state index is -0.243. The summed E-state index contributed by atoms with van der Waals surface area (Å²) in [6.45, 7) is 11.3. The van der Waals surface area contributed by atoms with E-state index in [-0.39, 0.29) is 18.4 Å². The standard InChI is InChI=1S/C25H36N4O4S/c1-4-5-15-33-22-9-7-21(8-10-22)24(31)29(12-6-11-28-13-16-32-17-14-28)18-23(30)27-25-26-19(2)20(3)34-25/h7-10H,4-6,11-18H2,1-3H3,(H,26,27,30). The topological polar surface area (TPSA) is 84.0 Å². The molecule has 0 spiro atoms. The van der Waals surface area contributed by atoms with Crippen LogP contribution in [0.1, 0.15) is 47.1 Å². The molecule has 0 radical (unpaired) electrons. The van der Waals surface area contributed by atoms with Gasteiger partial charge < -0.3 is 19.7 Å². The molecule has 2 heterocycles. The van der Waals surface area contributed by atoms with E-state index >= 15 is 0 Å². The number of ether oxygens (including phenoxy) is 2. The van der Waals surface area contributed by atoms with Crippen molar-refractivity contribution in [2.24, 2.45) is 0 Å². The summed E-state index contributed by atoms with van der Waals surface area (Å²) in [5.41, 5.74) is 1.45. The van der Waals surface area contributed by atoms with Gasteiger partial charge in [-0.25, -0.2) is 4.98 Å². The number of thiazole rings is 1. The predicted octanol–water partition coefficient (Wildman–Crippen LogP) is 3.74. The fourth-order valence-corrected chi connectivity index (χ4v) is 4.46. The first-order chi connectivity index (χ1) is 16.5. The first-order valence-electron chi connectivity index (χ1n) is 12.0. The highest BCUT2D eigenvalue weighted by molar-refractivity contribution is 7.15. The molecule has 0 atom stereocenters. The number of morpholine rings is 1. The number of anilines is 1. The Balaban J connectivity index is 1.62. The molecule has 1 N–H and O–H groups in total. The van der Waals surface area contributed by atoms with E-state index in [4.69, 9.17) is 9.47 Å². The highest BCUT2D eigenvalue weighted by Gasteiger charge is 2.20. The van der Waals surface area contributed by atoms with E-state index in [1.165, 1.54) is 11.3 Å². The van der Waals surface area contributed by atoms with Crippen LogP contribution in [-0.2, 0) is 9.53 Å². The van der Waals surface area contributed by atoms with Gasteiger partial charge in [0.15, 0.2) is 5.13 Å². The average Bonchev–Trinajstić information content (AvgIpc) is 3.15. The monoisotopic (exact) mass is 488 g/mol. The van der Waals surface area contributed by atoms with Crippen molar-refractivity contribution in [1.29, 1.82) is 0 Å². The first-order valence-corrected chi connectivity index (χ1v) is 12.8. The molecule has 1 fully saturated rings. The van der Waals surface area contributed by atoms with Gasteiger partial charge >= 0.3 is 0 Å². The Morgan fingerprint density at radius 1 is 1.18 bits per heavy atom. The second-order valence-corrected chi connectivity index (χ2v) is 9.67. The van der Waals surface area contributed by atoms with Crippen LogP contribution < -0.4 is 10.1 Å². The molecule has 0 saturated carbocycles. The molecule has 0 unspecified atom stereocenters. The van der Waals surface area contributed by atoms with Gasteiger partial charge in [0.25, 0.3) is 5.91 Å². The summed E-state index contributed by atoms with van der Waals surface area (Å²) >= 11 is 1.44. The van der Waals surface area contributed by atoms with E-state index in [1.54, 1.807) is 17.0 Å². The molecule has 2 aromatic rings. The highest BCUT2D eigenvalue weighted by Crippen LogP contribution is 2.21. The zero-order chi connectivity index (χ0) is 24.3. The van der Waals surface area contributed by atoms with Gasteiger partial charge in [-0.15, -0.1) is 11.3 Å². The van der Waals surface area contributed by atoms with Crippen LogP contribution in [-0.4, -0.2) is 79.1 Å². The number of nitrogens with zero attached hydrogens (tertiary/aromatic N) is 3. The van der Waals surface area contributed by atoms with Crippen LogP contribution in [0.4, 0.5) is 5.13 Å².